The van der Waals surface area contributed by atoms with Crippen LogP contribution >= 0.6 is 0 Å². The van der Waals surface area contributed by atoms with Crippen LogP contribution in [0.3, 0.4) is 0 Å². The molecule has 3 aromatic carbocycles. The molecule has 0 amide bonds. The van der Waals surface area contributed by atoms with E-state index >= 15 is 0 Å². The van der Waals surface area contributed by atoms with Crippen LogP contribution in [0.5, 0.6) is 0 Å². The molecule has 7 nitrogen and oxygen atoms in total. The van der Waals surface area contributed by atoms with E-state index in [0.717, 1.165) is 0 Å². The van der Waals surface area contributed by atoms with Gasteiger partial charge in [0.15, 0.2) is 0 Å². The predicted molar refractivity (Wildman–Crippen MR) is 119 cm³/mol. The van der Waals surface area contributed by atoms with Crippen LogP contribution in [0.25, 0.3) is 0 Å². The van der Waals surface area contributed by atoms with E-state index in [1.807, 2.05) is 0 Å². The third-order valence-corrected chi connectivity index (χ3v) is 6.19. The molecule has 1 aliphatic heterocycles. The molecule has 1 fully saturated rings. The van der Waals surface area contributed by atoms with Crippen LogP contribution in [0.15, 0.2) is 72.8 Å². The van der Waals surface area contributed by atoms with Gasteiger partial charge in [0.25, 0.3) is 0 Å². The predicted octanol–water partition coefficient (Wildman–Crippen LogP) is 4.46. The third-order valence-electron chi connectivity index (χ3n) is 6.19. The van der Waals surface area contributed by atoms with E-state index < -0.39 is 35.7 Å². The monoisotopic (exact) mass is 446 g/mol. The van der Waals surface area contributed by atoms with Crippen molar-refractivity contribution in [1.29, 1.82) is 0 Å². The van der Waals surface area contributed by atoms with Crippen LogP contribution in [0, 0.1) is 0 Å². The maximum atomic E-state index is 12.1. The number of ether oxygens (including phenoxy) is 1. The summed E-state index contributed by atoms with van der Waals surface area (Å²) in [5.41, 5.74) is 1.87. The van der Waals surface area contributed by atoms with Crippen LogP contribution in [0.4, 0.5) is 0 Å². The van der Waals surface area contributed by atoms with Crippen LogP contribution < -0.4 is 0 Å². The second kappa shape index (κ2) is 9.26. The summed E-state index contributed by atoms with van der Waals surface area (Å²) in [7, 11) is 0. The van der Waals surface area contributed by atoms with Crippen molar-refractivity contribution < 1.29 is 34.4 Å². The second-order valence-electron chi connectivity index (χ2n) is 7.95. The molecule has 2 unspecified atom stereocenters. The van der Waals surface area contributed by atoms with Crippen molar-refractivity contribution >= 4 is 17.9 Å². The van der Waals surface area contributed by atoms with Gasteiger partial charge in [-0.25, -0.2) is 14.4 Å². The minimum atomic E-state index is -1.10. The van der Waals surface area contributed by atoms with Gasteiger partial charge in [0.2, 0.25) is 0 Å². The number of carbonyl (C=O) groups is 3. The van der Waals surface area contributed by atoms with E-state index in [-0.39, 0.29) is 29.9 Å². The summed E-state index contributed by atoms with van der Waals surface area (Å²) < 4.78 is 5.89. The van der Waals surface area contributed by atoms with Crippen molar-refractivity contribution in [3.05, 3.63) is 106 Å². The zero-order valence-corrected chi connectivity index (χ0v) is 17.5. The summed E-state index contributed by atoms with van der Waals surface area (Å²) in [5.74, 6) is -4.82. The Bertz CT molecular complexity index is 1150. The standard InChI is InChI=1S/C26H22O7/c27-24(28)18-10-4-1-7-15(18)21-13-33-14-22(16-8-2-5-11-19(16)25(29)30)23(21)17-9-3-6-12-20(17)26(31)32/h1-12,21-23H,13-14H2,(H,27,28)(H,29,30)(H,31,32). The summed E-state index contributed by atoms with van der Waals surface area (Å²) in [6.45, 7) is 0.350. The van der Waals surface area contributed by atoms with Gasteiger partial charge in [0, 0.05) is 17.8 Å². The number of benzene rings is 3. The van der Waals surface area contributed by atoms with Crippen molar-refractivity contribution in [2.24, 2.45) is 0 Å². The molecule has 2 atom stereocenters. The van der Waals surface area contributed by atoms with Gasteiger partial charge in [0.05, 0.1) is 29.9 Å². The van der Waals surface area contributed by atoms with Crippen molar-refractivity contribution in [2.45, 2.75) is 17.8 Å². The Morgan fingerprint density at radius 3 is 1.30 bits per heavy atom. The first-order valence-electron chi connectivity index (χ1n) is 10.4. The van der Waals surface area contributed by atoms with Gasteiger partial charge < -0.3 is 20.1 Å². The SMILES string of the molecule is O=C(O)c1ccccc1C1COCC(c2ccccc2C(=O)O)C1c1ccccc1C(=O)O. The first kappa shape index (κ1) is 22.2. The lowest BCUT2D eigenvalue weighted by Gasteiger charge is -2.40. The average molecular weight is 446 g/mol. The number of hydrogen-bond donors (Lipinski definition) is 3. The summed E-state index contributed by atoms with van der Waals surface area (Å²) in [5, 5.41) is 29.4. The van der Waals surface area contributed by atoms with Crippen molar-refractivity contribution in [3.8, 4) is 0 Å². The highest BCUT2D eigenvalue weighted by molar-refractivity contribution is 5.91. The molecule has 3 N–H and O–H groups in total. The van der Waals surface area contributed by atoms with Gasteiger partial charge in [-0.15, -0.1) is 0 Å². The molecule has 1 aliphatic rings. The molecule has 0 spiro atoms. The van der Waals surface area contributed by atoms with Crippen LogP contribution in [-0.4, -0.2) is 46.4 Å². The zero-order valence-electron chi connectivity index (χ0n) is 17.5. The normalized spacial score (nSPS) is 20.2. The van der Waals surface area contributed by atoms with Gasteiger partial charge in [-0.1, -0.05) is 54.6 Å². The van der Waals surface area contributed by atoms with Gasteiger partial charge in [-0.2, -0.15) is 0 Å². The largest absolute Gasteiger partial charge is 0.478 e. The molecule has 0 radical (unpaired) electrons. The molecule has 3 aromatic rings. The molecule has 168 valence electrons. The van der Waals surface area contributed by atoms with Crippen LogP contribution in [0.1, 0.15) is 65.5 Å². The molecular formula is C26H22O7. The van der Waals surface area contributed by atoms with Crippen molar-refractivity contribution in [3.63, 3.8) is 0 Å². The van der Waals surface area contributed by atoms with Crippen molar-refractivity contribution in [2.75, 3.05) is 13.2 Å². The van der Waals surface area contributed by atoms with E-state index in [2.05, 4.69) is 0 Å². The Labute approximate surface area is 189 Å². The van der Waals surface area contributed by atoms with Crippen LogP contribution in [-0.2, 0) is 4.74 Å². The molecule has 1 saturated heterocycles. The number of rotatable bonds is 6. The maximum Gasteiger partial charge on any atom is 0.335 e. The van der Waals surface area contributed by atoms with E-state index in [0.29, 0.717) is 16.7 Å². The second-order valence-corrected chi connectivity index (χ2v) is 7.95. The van der Waals surface area contributed by atoms with E-state index in [1.54, 1.807) is 54.6 Å². The molecule has 4 rings (SSSR count). The average Bonchev–Trinajstić information content (AvgIpc) is 2.83. The molecule has 1 heterocycles. The number of hydrogen-bond acceptors (Lipinski definition) is 4. The van der Waals surface area contributed by atoms with Crippen molar-refractivity contribution in [1.82, 2.24) is 0 Å². The Morgan fingerprint density at radius 1 is 0.576 bits per heavy atom. The number of carboxylic acids is 3. The quantitative estimate of drug-likeness (QED) is 0.511. The fraction of sp³-hybridized carbons (Fsp3) is 0.192. The zero-order chi connectivity index (χ0) is 23.5. The third kappa shape index (κ3) is 4.23. The van der Waals surface area contributed by atoms with Gasteiger partial charge in [-0.05, 0) is 34.9 Å². The smallest absolute Gasteiger partial charge is 0.335 e. The van der Waals surface area contributed by atoms with Crippen LogP contribution in [0.2, 0.25) is 0 Å². The molecule has 33 heavy (non-hydrogen) atoms. The molecule has 0 bridgehead atoms. The summed E-state index contributed by atoms with van der Waals surface area (Å²) in [4.78, 5) is 36.0. The first-order chi connectivity index (χ1) is 15.9. The van der Waals surface area contributed by atoms with E-state index in [9.17, 15) is 29.7 Å². The molecule has 7 heteroatoms. The number of carboxylic acid groups (broad SMARTS) is 3. The molecular weight excluding hydrogens is 424 g/mol. The fourth-order valence-corrected chi connectivity index (χ4v) is 4.82. The maximum absolute atomic E-state index is 12.1. The Hall–Kier alpha value is -3.97. The molecule has 0 aromatic heterocycles. The van der Waals surface area contributed by atoms with Gasteiger partial charge in [-0.3, -0.25) is 0 Å². The Kier molecular flexibility index (Phi) is 6.24. The Balaban J connectivity index is 1.97. The Morgan fingerprint density at radius 2 is 0.909 bits per heavy atom. The minimum absolute atomic E-state index is 0.0972. The van der Waals surface area contributed by atoms with E-state index in [4.69, 9.17) is 4.74 Å². The van der Waals surface area contributed by atoms with E-state index in [1.165, 1.54) is 18.2 Å². The minimum Gasteiger partial charge on any atom is -0.478 e. The summed E-state index contributed by atoms with van der Waals surface area (Å²) in [6.07, 6.45) is 0. The fourth-order valence-electron chi connectivity index (χ4n) is 4.82. The highest BCUT2D eigenvalue weighted by Crippen LogP contribution is 2.49. The summed E-state index contributed by atoms with van der Waals surface area (Å²) >= 11 is 0. The lowest BCUT2D eigenvalue weighted by atomic mass is 9.68. The first-order valence-corrected chi connectivity index (χ1v) is 10.4. The number of aromatic carboxylic acids is 3. The summed E-state index contributed by atoms with van der Waals surface area (Å²) in [6, 6.07) is 19.7. The highest BCUT2D eigenvalue weighted by atomic mass is 16.5. The van der Waals surface area contributed by atoms with Gasteiger partial charge >= 0.3 is 17.9 Å². The highest BCUT2D eigenvalue weighted by Gasteiger charge is 2.41. The lowest BCUT2D eigenvalue weighted by Crippen LogP contribution is -2.34. The molecule has 0 saturated carbocycles. The van der Waals surface area contributed by atoms with Gasteiger partial charge in [0.1, 0.15) is 0 Å². The topological polar surface area (TPSA) is 121 Å². The lowest BCUT2D eigenvalue weighted by molar-refractivity contribution is 0.0473. The molecule has 0 aliphatic carbocycles.